The third-order valence-electron chi connectivity index (χ3n) is 3.24. The first-order chi connectivity index (χ1) is 8.60. The van der Waals surface area contributed by atoms with Crippen molar-refractivity contribution in [2.75, 3.05) is 6.54 Å². The van der Waals surface area contributed by atoms with Gasteiger partial charge in [0, 0.05) is 22.4 Å². The molecule has 0 aliphatic rings. The van der Waals surface area contributed by atoms with Crippen molar-refractivity contribution >= 4 is 22.6 Å². The fraction of sp³-hybridized carbons (Fsp3) is 0.467. The van der Waals surface area contributed by atoms with E-state index >= 15 is 0 Å². The number of halogens is 1. The molecule has 0 saturated carbocycles. The van der Waals surface area contributed by atoms with Gasteiger partial charge in [-0.25, -0.2) is 0 Å². The van der Waals surface area contributed by atoms with Crippen LogP contribution in [-0.2, 0) is 0 Å². The van der Waals surface area contributed by atoms with Crippen LogP contribution < -0.4 is 5.32 Å². The highest BCUT2D eigenvalue weighted by Gasteiger charge is 2.14. The van der Waals surface area contributed by atoms with Gasteiger partial charge in [-0.05, 0) is 44.2 Å². The van der Waals surface area contributed by atoms with Gasteiger partial charge in [-0.15, -0.1) is 0 Å². The quantitative estimate of drug-likeness (QED) is 0.856. The van der Waals surface area contributed by atoms with Crippen LogP contribution in [0.3, 0.4) is 0 Å². The van der Waals surface area contributed by atoms with Crippen LogP contribution in [0.25, 0.3) is 11.0 Å². The lowest BCUT2D eigenvalue weighted by Gasteiger charge is -2.15. The molecule has 2 nitrogen and oxygen atoms in total. The molecule has 2 atom stereocenters. The first-order valence-corrected chi connectivity index (χ1v) is 6.90. The molecule has 18 heavy (non-hydrogen) atoms. The highest BCUT2D eigenvalue weighted by atomic mass is 35.5. The lowest BCUT2D eigenvalue weighted by molar-refractivity contribution is 0.434. The molecular formula is C15H20ClNO. The van der Waals surface area contributed by atoms with E-state index in [1.807, 2.05) is 18.2 Å². The number of hydrogen-bond donors (Lipinski definition) is 1. The number of fused-ring (bicyclic) bond motifs is 1. The summed E-state index contributed by atoms with van der Waals surface area (Å²) in [6, 6.07) is 8.35. The van der Waals surface area contributed by atoms with Gasteiger partial charge >= 0.3 is 0 Å². The summed E-state index contributed by atoms with van der Waals surface area (Å²) < 4.78 is 5.88. The minimum absolute atomic E-state index is 0.408. The number of rotatable bonds is 5. The van der Waals surface area contributed by atoms with Crippen LogP contribution in [0.4, 0.5) is 0 Å². The van der Waals surface area contributed by atoms with Gasteiger partial charge in [0.1, 0.15) is 11.3 Å². The van der Waals surface area contributed by atoms with E-state index in [4.69, 9.17) is 16.0 Å². The molecule has 0 radical (unpaired) electrons. The molecule has 0 fully saturated rings. The van der Waals surface area contributed by atoms with Crippen LogP contribution in [0.2, 0.25) is 5.02 Å². The first-order valence-electron chi connectivity index (χ1n) is 6.52. The van der Waals surface area contributed by atoms with Crippen molar-refractivity contribution in [3.05, 3.63) is 35.0 Å². The van der Waals surface area contributed by atoms with E-state index in [1.54, 1.807) is 0 Å². The Morgan fingerprint density at radius 1 is 1.28 bits per heavy atom. The van der Waals surface area contributed by atoms with Gasteiger partial charge in [0.15, 0.2) is 0 Å². The second kappa shape index (κ2) is 5.77. The fourth-order valence-electron chi connectivity index (χ4n) is 2.36. The van der Waals surface area contributed by atoms with Crippen molar-refractivity contribution in [2.45, 2.75) is 39.2 Å². The van der Waals surface area contributed by atoms with Crippen molar-refractivity contribution in [2.24, 2.45) is 0 Å². The standard InChI is InChI=1S/C15H20ClNO/c1-4-17-11(3)7-10(2)15-9-12-8-13(16)5-6-14(12)18-15/h5-6,8-11,17H,4,7H2,1-3H3. The third kappa shape index (κ3) is 3.06. The van der Waals surface area contributed by atoms with Crippen LogP contribution in [0.15, 0.2) is 28.7 Å². The second-order valence-corrected chi connectivity index (χ2v) is 5.36. The van der Waals surface area contributed by atoms with Gasteiger partial charge < -0.3 is 9.73 Å². The fourth-order valence-corrected chi connectivity index (χ4v) is 2.54. The smallest absolute Gasteiger partial charge is 0.134 e. The number of hydrogen-bond acceptors (Lipinski definition) is 2. The zero-order chi connectivity index (χ0) is 13.1. The van der Waals surface area contributed by atoms with E-state index in [0.29, 0.717) is 12.0 Å². The number of nitrogens with one attached hydrogen (secondary N) is 1. The summed E-state index contributed by atoms with van der Waals surface area (Å²) in [7, 11) is 0. The molecule has 1 heterocycles. The molecular weight excluding hydrogens is 246 g/mol. The molecule has 2 aromatic rings. The van der Waals surface area contributed by atoms with E-state index in [2.05, 4.69) is 32.2 Å². The molecule has 0 spiro atoms. The van der Waals surface area contributed by atoms with Crippen molar-refractivity contribution in [3.63, 3.8) is 0 Å². The lowest BCUT2D eigenvalue weighted by Crippen LogP contribution is -2.26. The van der Waals surface area contributed by atoms with Crippen LogP contribution >= 0.6 is 11.6 Å². The molecule has 0 bridgehead atoms. The van der Waals surface area contributed by atoms with Gasteiger partial charge in [-0.3, -0.25) is 0 Å². The van der Waals surface area contributed by atoms with E-state index in [1.165, 1.54) is 0 Å². The Kier molecular flexibility index (Phi) is 4.31. The highest BCUT2D eigenvalue weighted by molar-refractivity contribution is 6.31. The summed E-state index contributed by atoms with van der Waals surface area (Å²) in [6.45, 7) is 7.54. The maximum absolute atomic E-state index is 5.98. The van der Waals surface area contributed by atoms with E-state index < -0.39 is 0 Å². The Hall–Kier alpha value is -0.990. The molecule has 98 valence electrons. The minimum Gasteiger partial charge on any atom is -0.461 e. The maximum Gasteiger partial charge on any atom is 0.134 e. The first kappa shape index (κ1) is 13.4. The Labute approximate surface area is 113 Å². The van der Waals surface area contributed by atoms with E-state index in [9.17, 15) is 0 Å². The summed E-state index contributed by atoms with van der Waals surface area (Å²) in [6.07, 6.45) is 1.07. The molecule has 1 aromatic carbocycles. The van der Waals surface area contributed by atoms with Crippen molar-refractivity contribution in [1.82, 2.24) is 5.32 Å². The molecule has 0 saturated heterocycles. The monoisotopic (exact) mass is 265 g/mol. The number of benzene rings is 1. The summed E-state index contributed by atoms with van der Waals surface area (Å²) >= 11 is 5.98. The largest absolute Gasteiger partial charge is 0.461 e. The molecule has 3 heteroatoms. The SMILES string of the molecule is CCNC(C)CC(C)c1cc2cc(Cl)ccc2o1. The summed E-state index contributed by atoms with van der Waals surface area (Å²) in [5, 5.41) is 5.26. The van der Waals surface area contributed by atoms with Crippen LogP contribution in [-0.4, -0.2) is 12.6 Å². The minimum atomic E-state index is 0.408. The third-order valence-corrected chi connectivity index (χ3v) is 3.48. The molecule has 0 aliphatic carbocycles. The average molecular weight is 266 g/mol. The van der Waals surface area contributed by atoms with E-state index in [-0.39, 0.29) is 0 Å². The van der Waals surface area contributed by atoms with Crippen LogP contribution in [0.1, 0.15) is 38.9 Å². The van der Waals surface area contributed by atoms with Crippen LogP contribution in [0.5, 0.6) is 0 Å². The molecule has 2 rings (SSSR count). The molecule has 2 unspecified atom stereocenters. The van der Waals surface area contributed by atoms with Crippen molar-refractivity contribution in [3.8, 4) is 0 Å². The zero-order valence-electron chi connectivity index (χ0n) is 11.2. The zero-order valence-corrected chi connectivity index (χ0v) is 11.9. The summed E-state index contributed by atoms with van der Waals surface area (Å²) in [5.41, 5.74) is 0.914. The predicted octanol–water partition coefficient (Wildman–Crippen LogP) is 4.58. The predicted molar refractivity (Wildman–Crippen MR) is 77.4 cm³/mol. The molecule has 1 aromatic heterocycles. The summed E-state index contributed by atoms with van der Waals surface area (Å²) in [5.74, 6) is 1.45. The molecule has 1 N–H and O–H groups in total. The van der Waals surface area contributed by atoms with Crippen molar-refractivity contribution in [1.29, 1.82) is 0 Å². The summed E-state index contributed by atoms with van der Waals surface area (Å²) in [4.78, 5) is 0. The van der Waals surface area contributed by atoms with E-state index in [0.717, 1.165) is 34.7 Å². The van der Waals surface area contributed by atoms with Crippen LogP contribution in [0, 0.1) is 0 Å². The Morgan fingerprint density at radius 3 is 2.78 bits per heavy atom. The highest BCUT2D eigenvalue weighted by Crippen LogP contribution is 2.29. The van der Waals surface area contributed by atoms with Gasteiger partial charge in [-0.2, -0.15) is 0 Å². The lowest BCUT2D eigenvalue weighted by atomic mass is 10.00. The Morgan fingerprint density at radius 2 is 2.06 bits per heavy atom. The molecule has 0 amide bonds. The van der Waals surface area contributed by atoms with Gasteiger partial charge in [-0.1, -0.05) is 25.4 Å². The van der Waals surface area contributed by atoms with Gasteiger partial charge in [0.2, 0.25) is 0 Å². The van der Waals surface area contributed by atoms with Crippen molar-refractivity contribution < 1.29 is 4.42 Å². The maximum atomic E-state index is 5.98. The normalized spacial score (nSPS) is 14.9. The Bertz CT molecular complexity index is 520. The number of furan rings is 1. The topological polar surface area (TPSA) is 25.2 Å². The second-order valence-electron chi connectivity index (χ2n) is 4.93. The van der Waals surface area contributed by atoms with Gasteiger partial charge in [0.25, 0.3) is 0 Å². The molecule has 0 aliphatic heterocycles. The average Bonchev–Trinajstić information content (AvgIpc) is 2.72. The Balaban J connectivity index is 2.15. The van der Waals surface area contributed by atoms with Gasteiger partial charge in [0.05, 0.1) is 0 Å².